The molecule has 1 N–H and O–H groups in total. The fraction of sp³-hybridized carbons (Fsp3) is 0.300. The molecule has 0 fully saturated rings. The van der Waals surface area contributed by atoms with E-state index in [1.807, 2.05) is 6.92 Å². The first-order chi connectivity index (χ1) is 8.90. The van der Waals surface area contributed by atoms with Crippen LogP contribution < -0.4 is 4.72 Å². The summed E-state index contributed by atoms with van der Waals surface area (Å²) in [5, 5.41) is 0.0832. The number of aromatic nitrogens is 4. The molecule has 2 heterocycles. The van der Waals surface area contributed by atoms with Gasteiger partial charge in [0.05, 0.1) is 6.33 Å². The molecule has 2 rings (SSSR count). The molecule has 7 nitrogen and oxygen atoms in total. The maximum atomic E-state index is 12.0. The number of nitrogens with zero attached hydrogens (tertiary/aromatic N) is 4. The van der Waals surface area contributed by atoms with Gasteiger partial charge in [0.2, 0.25) is 5.95 Å². The van der Waals surface area contributed by atoms with Crippen LogP contribution in [0.25, 0.3) is 0 Å². The van der Waals surface area contributed by atoms with Crippen molar-refractivity contribution in [3.63, 3.8) is 0 Å². The molecule has 0 bridgehead atoms. The molecule has 0 amide bonds. The second-order valence-electron chi connectivity index (χ2n) is 3.80. The number of halogens is 1. The minimum atomic E-state index is -3.80. The maximum absolute atomic E-state index is 12.0. The Morgan fingerprint density at radius 2 is 2.16 bits per heavy atom. The fourth-order valence-electron chi connectivity index (χ4n) is 1.40. The molecule has 2 aromatic heterocycles. The van der Waals surface area contributed by atoms with Crippen LogP contribution in [0, 0.1) is 6.92 Å². The highest BCUT2D eigenvalue weighted by Gasteiger charge is 2.19. The number of aryl methyl sites for hydroxylation is 2. The van der Waals surface area contributed by atoms with Gasteiger partial charge >= 0.3 is 0 Å². The minimum absolute atomic E-state index is 0.0731. The Morgan fingerprint density at radius 1 is 1.42 bits per heavy atom. The highest BCUT2D eigenvalue weighted by atomic mass is 35.5. The normalized spacial score (nSPS) is 11.5. The van der Waals surface area contributed by atoms with Gasteiger partial charge in [0.1, 0.15) is 5.15 Å². The van der Waals surface area contributed by atoms with E-state index in [0.717, 1.165) is 0 Å². The smallest absolute Gasteiger partial charge is 0.283 e. The van der Waals surface area contributed by atoms with E-state index in [1.165, 1.54) is 18.6 Å². The van der Waals surface area contributed by atoms with Crippen molar-refractivity contribution in [2.24, 2.45) is 0 Å². The van der Waals surface area contributed by atoms with Crippen molar-refractivity contribution in [2.75, 3.05) is 4.72 Å². The van der Waals surface area contributed by atoms with Crippen molar-refractivity contribution in [3.05, 3.63) is 29.4 Å². The molecule has 0 aliphatic heterocycles. The summed E-state index contributed by atoms with van der Waals surface area (Å²) in [5.74, 6) is -0.0731. The molecule has 0 aliphatic carbocycles. The molecular weight excluding hydrogens is 290 g/mol. The number of rotatable bonds is 4. The van der Waals surface area contributed by atoms with Gasteiger partial charge in [-0.15, -0.1) is 0 Å². The summed E-state index contributed by atoms with van der Waals surface area (Å²) < 4.78 is 28.0. The first-order valence-electron chi connectivity index (χ1n) is 5.46. The van der Waals surface area contributed by atoms with Crippen molar-refractivity contribution in [2.45, 2.75) is 25.4 Å². The van der Waals surface area contributed by atoms with Crippen LogP contribution in [0.5, 0.6) is 0 Å². The van der Waals surface area contributed by atoms with Gasteiger partial charge in [0.25, 0.3) is 10.0 Å². The zero-order valence-corrected chi connectivity index (χ0v) is 11.9. The molecule has 0 unspecified atom stereocenters. The maximum Gasteiger partial charge on any atom is 0.283 e. The van der Waals surface area contributed by atoms with Gasteiger partial charge in [-0.05, 0) is 19.9 Å². The SMILES string of the molecule is CCn1cnc(S(=O)(=O)Nc2nc(C)cc(Cl)n2)c1. The first-order valence-corrected chi connectivity index (χ1v) is 7.32. The van der Waals surface area contributed by atoms with Crippen molar-refractivity contribution in [1.29, 1.82) is 0 Å². The Kier molecular flexibility index (Phi) is 3.72. The largest absolute Gasteiger partial charge is 0.336 e. The summed E-state index contributed by atoms with van der Waals surface area (Å²) in [5.41, 5.74) is 0.566. The van der Waals surface area contributed by atoms with Crippen LogP contribution in [0.2, 0.25) is 5.15 Å². The number of sulfonamides is 1. The van der Waals surface area contributed by atoms with E-state index < -0.39 is 10.0 Å². The Hall–Kier alpha value is -1.67. The summed E-state index contributed by atoms with van der Waals surface area (Å²) in [6.07, 6.45) is 2.87. The van der Waals surface area contributed by atoms with E-state index >= 15 is 0 Å². The molecule has 0 spiro atoms. The van der Waals surface area contributed by atoms with Gasteiger partial charge in [-0.2, -0.15) is 8.42 Å². The highest BCUT2D eigenvalue weighted by Crippen LogP contribution is 2.14. The van der Waals surface area contributed by atoms with Gasteiger partial charge in [-0.25, -0.2) is 19.7 Å². The van der Waals surface area contributed by atoms with Crippen molar-refractivity contribution in [1.82, 2.24) is 19.5 Å². The summed E-state index contributed by atoms with van der Waals surface area (Å²) >= 11 is 5.75. The second kappa shape index (κ2) is 5.14. The average Bonchev–Trinajstić information content (AvgIpc) is 2.75. The lowest BCUT2D eigenvalue weighted by Crippen LogP contribution is -2.15. The van der Waals surface area contributed by atoms with E-state index in [1.54, 1.807) is 11.5 Å². The first kappa shape index (κ1) is 13.8. The average molecular weight is 302 g/mol. The van der Waals surface area contributed by atoms with Crippen LogP contribution in [0.1, 0.15) is 12.6 Å². The minimum Gasteiger partial charge on any atom is -0.336 e. The molecular formula is C10H12ClN5O2S. The molecule has 2 aromatic rings. The number of imidazole rings is 1. The quantitative estimate of drug-likeness (QED) is 0.863. The Morgan fingerprint density at radius 3 is 2.74 bits per heavy atom. The molecule has 0 saturated carbocycles. The van der Waals surface area contributed by atoms with Crippen molar-refractivity contribution < 1.29 is 8.42 Å². The third kappa shape index (κ3) is 3.21. The topological polar surface area (TPSA) is 89.8 Å². The standard InChI is InChI=1S/C10H12ClN5O2S/c1-3-16-5-9(12-6-16)19(17,18)15-10-13-7(2)4-8(11)14-10/h4-6H,3H2,1-2H3,(H,13,14,15). The monoisotopic (exact) mass is 301 g/mol. The molecule has 0 atom stereocenters. The molecule has 102 valence electrons. The van der Waals surface area contributed by atoms with Gasteiger partial charge < -0.3 is 4.57 Å². The Labute approximate surface area is 115 Å². The second-order valence-corrected chi connectivity index (χ2v) is 5.82. The molecule has 0 aromatic carbocycles. The summed E-state index contributed by atoms with van der Waals surface area (Å²) in [4.78, 5) is 11.6. The molecule has 0 saturated heterocycles. The number of hydrogen-bond donors (Lipinski definition) is 1. The van der Waals surface area contributed by atoms with Crippen LogP contribution in [-0.2, 0) is 16.6 Å². The number of anilines is 1. The molecule has 19 heavy (non-hydrogen) atoms. The lowest BCUT2D eigenvalue weighted by molar-refractivity contribution is 0.597. The van der Waals surface area contributed by atoms with Crippen LogP contribution in [0.15, 0.2) is 23.6 Å². The van der Waals surface area contributed by atoms with Gasteiger partial charge in [0.15, 0.2) is 5.03 Å². The summed E-state index contributed by atoms with van der Waals surface area (Å²) in [6.45, 7) is 4.21. The fourth-order valence-corrected chi connectivity index (χ4v) is 2.53. The summed E-state index contributed by atoms with van der Waals surface area (Å²) in [6, 6.07) is 1.53. The van der Waals surface area contributed by atoms with Crippen LogP contribution in [0.4, 0.5) is 5.95 Å². The molecule has 0 aliphatic rings. The van der Waals surface area contributed by atoms with E-state index in [-0.39, 0.29) is 16.1 Å². The lowest BCUT2D eigenvalue weighted by atomic mass is 10.5. The predicted octanol–water partition coefficient (Wildman–Crippen LogP) is 1.46. The Bertz CT molecular complexity index is 677. The number of hydrogen-bond acceptors (Lipinski definition) is 5. The van der Waals surface area contributed by atoms with E-state index in [2.05, 4.69) is 19.7 Å². The van der Waals surface area contributed by atoms with Gasteiger partial charge in [-0.1, -0.05) is 11.6 Å². The van der Waals surface area contributed by atoms with Crippen LogP contribution in [0.3, 0.4) is 0 Å². The summed E-state index contributed by atoms with van der Waals surface area (Å²) in [7, 11) is -3.80. The van der Waals surface area contributed by atoms with Crippen molar-refractivity contribution in [3.8, 4) is 0 Å². The highest BCUT2D eigenvalue weighted by molar-refractivity contribution is 7.92. The van der Waals surface area contributed by atoms with Gasteiger partial charge in [0, 0.05) is 18.4 Å². The van der Waals surface area contributed by atoms with E-state index in [0.29, 0.717) is 12.2 Å². The molecule has 0 radical (unpaired) electrons. The van der Waals surface area contributed by atoms with Gasteiger partial charge in [-0.3, -0.25) is 0 Å². The third-order valence-electron chi connectivity index (χ3n) is 2.30. The van der Waals surface area contributed by atoms with E-state index in [9.17, 15) is 8.42 Å². The van der Waals surface area contributed by atoms with E-state index in [4.69, 9.17) is 11.6 Å². The predicted molar refractivity (Wildman–Crippen MR) is 70.5 cm³/mol. The zero-order chi connectivity index (χ0) is 14.0. The van der Waals surface area contributed by atoms with Crippen LogP contribution >= 0.6 is 11.6 Å². The lowest BCUT2D eigenvalue weighted by Gasteiger charge is -2.05. The van der Waals surface area contributed by atoms with Crippen LogP contribution in [-0.4, -0.2) is 27.9 Å². The third-order valence-corrected chi connectivity index (χ3v) is 3.71. The zero-order valence-electron chi connectivity index (χ0n) is 10.3. The molecule has 9 heteroatoms. The van der Waals surface area contributed by atoms with Crippen molar-refractivity contribution >= 4 is 27.6 Å². The number of nitrogens with one attached hydrogen (secondary N) is 1. The Balaban J connectivity index is 2.30.